The summed E-state index contributed by atoms with van der Waals surface area (Å²) in [4.78, 5) is 35.1. The van der Waals surface area contributed by atoms with Gasteiger partial charge < -0.3 is 25.3 Å². The molecule has 0 fully saturated rings. The number of carbonyl (C=O) groups excluding carboxylic acids is 3. The Bertz CT molecular complexity index is 818. The smallest absolute Gasteiger partial charge is 0.338 e. The molecule has 0 spiro atoms. The molecule has 0 saturated heterocycles. The van der Waals surface area contributed by atoms with Crippen LogP contribution in [0.4, 0.5) is 5.69 Å². The van der Waals surface area contributed by atoms with Crippen LogP contribution in [0.15, 0.2) is 48.5 Å². The van der Waals surface area contributed by atoms with Crippen molar-refractivity contribution in [3.63, 3.8) is 0 Å². The second-order valence-electron chi connectivity index (χ2n) is 5.77. The normalized spacial score (nSPS) is 11.2. The number of anilines is 1. The first-order valence-electron chi connectivity index (χ1n) is 8.65. The van der Waals surface area contributed by atoms with Crippen LogP contribution in [0.25, 0.3) is 0 Å². The summed E-state index contributed by atoms with van der Waals surface area (Å²) in [6.45, 7) is 3.66. The Hall–Kier alpha value is -3.55. The topological polar surface area (TPSA) is 117 Å². The van der Waals surface area contributed by atoms with Gasteiger partial charge in [0.25, 0.3) is 11.8 Å². The summed E-state index contributed by atoms with van der Waals surface area (Å²) in [6.07, 6.45) is -0.996. The third-order valence-electron chi connectivity index (χ3n) is 3.56. The minimum absolute atomic E-state index is 0.243. The van der Waals surface area contributed by atoms with Crippen molar-refractivity contribution >= 4 is 23.5 Å². The molecule has 0 radical (unpaired) electrons. The maximum atomic E-state index is 12.2. The minimum Gasteiger partial charge on any atom is -0.494 e. The second-order valence-corrected chi connectivity index (χ2v) is 5.77. The van der Waals surface area contributed by atoms with Gasteiger partial charge in [-0.1, -0.05) is 0 Å². The lowest BCUT2D eigenvalue weighted by Crippen LogP contribution is -2.30. The van der Waals surface area contributed by atoms with Crippen LogP contribution in [0.5, 0.6) is 11.5 Å². The molecule has 0 unspecified atom stereocenters. The van der Waals surface area contributed by atoms with E-state index in [-0.39, 0.29) is 12.2 Å². The third-order valence-corrected chi connectivity index (χ3v) is 3.56. The second kappa shape index (κ2) is 9.96. The number of benzene rings is 2. The molecule has 3 N–H and O–H groups in total. The highest BCUT2D eigenvalue weighted by atomic mass is 16.5. The fraction of sp³-hybridized carbons (Fsp3) is 0.250. The molecule has 2 rings (SSSR count). The Morgan fingerprint density at radius 2 is 1.54 bits per heavy atom. The highest BCUT2D eigenvalue weighted by Crippen LogP contribution is 2.17. The van der Waals surface area contributed by atoms with E-state index in [0.717, 1.165) is 0 Å². The Labute approximate surface area is 162 Å². The number of nitrogens with one attached hydrogen (secondary N) is 1. The number of primary amides is 1. The van der Waals surface area contributed by atoms with Crippen molar-refractivity contribution in [1.29, 1.82) is 0 Å². The number of ether oxygens (including phenoxy) is 3. The molecule has 1 atom stereocenters. The lowest BCUT2D eigenvalue weighted by atomic mass is 10.2. The Kier molecular flexibility index (Phi) is 7.38. The lowest BCUT2D eigenvalue weighted by molar-refractivity contribution is -0.123. The summed E-state index contributed by atoms with van der Waals surface area (Å²) in [6, 6.07) is 12.8. The van der Waals surface area contributed by atoms with Crippen LogP contribution in [0.1, 0.15) is 24.2 Å². The number of rotatable bonds is 9. The van der Waals surface area contributed by atoms with E-state index in [9.17, 15) is 14.4 Å². The molecule has 28 heavy (non-hydrogen) atoms. The SMILES string of the molecule is CCOc1ccc(NC(=O)[C@H](C)OC(=O)c2ccc(OCC(N)=O)cc2)cc1. The molecule has 0 bridgehead atoms. The molecule has 8 heteroatoms. The van der Waals surface area contributed by atoms with Gasteiger partial charge in [-0.2, -0.15) is 0 Å². The van der Waals surface area contributed by atoms with E-state index in [4.69, 9.17) is 19.9 Å². The number of carbonyl (C=O) groups is 3. The third kappa shape index (κ3) is 6.31. The Morgan fingerprint density at radius 1 is 0.964 bits per heavy atom. The molecule has 2 aromatic rings. The van der Waals surface area contributed by atoms with Crippen molar-refractivity contribution < 1.29 is 28.6 Å². The zero-order valence-corrected chi connectivity index (χ0v) is 15.6. The maximum absolute atomic E-state index is 12.2. The first-order chi connectivity index (χ1) is 13.4. The van der Waals surface area contributed by atoms with Gasteiger partial charge in [-0.05, 0) is 62.4 Å². The van der Waals surface area contributed by atoms with E-state index in [2.05, 4.69) is 5.32 Å². The van der Waals surface area contributed by atoms with Gasteiger partial charge in [-0.15, -0.1) is 0 Å². The minimum atomic E-state index is -0.996. The zero-order chi connectivity index (χ0) is 20.5. The van der Waals surface area contributed by atoms with Crippen molar-refractivity contribution in [2.75, 3.05) is 18.5 Å². The van der Waals surface area contributed by atoms with Gasteiger partial charge in [0.05, 0.1) is 12.2 Å². The highest BCUT2D eigenvalue weighted by Gasteiger charge is 2.19. The van der Waals surface area contributed by atoms with Crippen LogP contribution < -0.4 is 20.5 Å². The van der Waals surface area contributed by atoms with Gasteiger partial charge in [-0.25, -0.2) is 4.79 Å². The molecular weight excluding hydrogens is 364 g/mol. The van der Waals surface area contributed by atoms with Crippen LogP contribution in [-0.2, 0) is 14.3 Å². The average Bonchev–Trinajstić information content (AvgIpc) is 2.68. The number of nitrogens with two attached hydrogens (primary N) is 1. The van der Waals surface area contributed by atoms with Gasteiger partial charge in [0.2, 0.25) is 0 Å². The molecule has 0 saturated carbocycles. The monoisotopic (exact) mass is 386 g/mol. The Morgan fingerprint density at radius 3 is 2.11 bits per heavy atom. The predicted octanol–water partition coefficient (Wildman–Crippen LogP) is 2.13. The van der Waals surface area contributed by atoms with E-state index < -0.39 is 23.9 Å². The van der Waals surface area contributed by atoms with E-state index >= 15 is 0 Å². The Balaban J connectivity index is 1.88. The fourth-order valence-electron chi connectivity index (χ4n) is 2.17. The van der Waals surface area contributed by atoms with E-state index in [1.807, 2.05) is 6.92 Å². The highest BCUT2D eigenvalue weighted by molar-refractivity contribution is 5.97. The molecule has 0 aromatic heterocycles. The summed E-state index contributed by atoms with van der Waals surface area (Å²) in [5.41, 5.74) is 5.80. The first kappa shape index (κ1) is 20.8. The van der Waals surface area contributed by atoms with E-state index in [0.29, 0.717) is 23.8 Å². The number of hydrogen-bond donors (Lipinski definition) is 2. The van der Waals surface area contributed by atoms with Crippen molar-refractivity contribution in [1.82, 2.24) is 0 Å². The van der Waals surface area contributed by atoms with Gasteiger partial charge >= 0.3 is 5.97 Å². The summed E-state index contributed by atoms with van der Waals surface area (Å²) >= 11 is 0. The summed E-state index contributed by atoms with van der Waals surface area (Å²) in [5.74, 6) is -0.634. The lowest BCUT2D eigenvalue weighted by Gasteiger charge is -2.14. The predicted molar refractivity (Wildman–Crippen MR) is 102 cm³/mol. The molecule has 0 heterocycles. The summed E-state index contributed by atoms with van der Waals surface area (Å²) in [7, 11) is 0. The van der Waals surface area contributed by atoms with Crippen LogP contribution in [0, 0.1) is 0 Å². The number of esters is 1. The van der Waals surface area contributed by atoms with Gasteiger partial charge in [0.15, 0.2) is 12.7 Å². The molecule has 0 aliphatic rings. The number of amides is 2. The van der Waals surface area contributed by atoms with Gasteiger partial charge in [0.1, 0.15) is 11.5 Å². The van der Waals surface area contributed by atoms with Gasteiger partial charge in [0, 0.05) is 5.69 Å². The van der Waals surface area contributed by atoms with Crippen molar-refractivity contribution in [2.24, 2.45) is 5.73 Å². The maximum Gasteiger partial charge on any atom is 0.338 e. The van der Waals surface area contributed by atoms with Gasteiger partial charge in [-0.3, -0.25) is 9.59 Å². The van der Waals surface area contributed by atoms with Crippen LogP contribution >= 0.6 is 0 Å². The average molecular weight is 386 g/mol. The molecule has 148 valence electrons. The van der Waals surface area contributed by atoms with E-state index in [1.54, 1.807) is 24.3 Å². The largest absolute Gasteiger partial charge is 0.494 e. The summed E-state index contributed by atoms with van der Waals surface area (Å²) < 4.78 is 15.6. The quantitative estimate of drug-likeness (QED) is 0.638. The van der Waals surface area contributed by atoms with E-state index in [1.165, 1.54) is 31.2 Å². The molecule has 2 aromatic carbocycles. The molecular formula is C20H22N2O6. The van der Waals surface area contributed by atoms with Crippen molar-refractivity contribution in [3.05, 3.63) is 54.1 Å². The molecule has 0 aliphatic carbocycles. The van der Waals surface area contributed by atoms with Crippen LogP contribution in [0.2, 0.25) is 0 Å². The molecule has 8 nitrogen and oxygen atoms in total. The first-order valence-corrected chi connectivity index (χ1v) is 8.65. The number of hydrogen-bond acceptors (Lipinski definition) is 6. The molecule has 0 aliphatic heterocycles. The van der Waals surface area contributed by atoms with Crippen molar-refractivity contribution in [2.45, 2.75) is 20.0 Å². The fourth-order valence-corrected chi connectivity index (χ4v) is 2.17. The van der Waals surface area contributed by atoms with Crippen LogP contribution in [-0.4, -0.2) is 37.1 Å². The standard InChI is InChI=1S/C20H22N2O6/c1-3-26-16-10-6-15(7-11-16)22-19(24)13(2)28-20(25)14-4-8-17(9-5-14)27-12-18(21)23/h4-11,13H,3,12H2,1-2H3,(H2,21,23)(H,22,24)/t13-/m0/s1. The molecule has 2 amide bonds. The van der Waals surface area contributed by atoms with Crippen molar-refractivity contribution in [3.8, 4) is 11.5 Å². The summed E-state index contributed by atoms with van der Waals surface area (Å²) in [5, 5.41) is 2.67. The van der Waals surface area contributed by atoms with Crippen LogP contribution in [0.3, 0.4) is 0 Å². The zero-order valence-electron chi connectivity index (χ0n) is 15.6.